The lowest BCUT2D eigenvalue weighted by molar-refractivity contribution is 0.326. The Balaban J connectivity index is 2.22. The van der Waals surface area contributed by atoms with E-state index in [0.29, 0.717) is 12.5 Å². The van der Waals surface area contributed by atoms with Crippen LogP contribution in [0.25, 0.3) is 27.4 Å². The van der Waals surface area contributed by atoms with Gasteiger partial charge in [-0.25, -0.2) is 4.68 Å². The Morgan fingerprint density at radius 2 is 1.46 bits per heavy atom. The number of rotatable bonds is 5. The van der Waals surface area contributed by atoms with Crippen molar-refractivity contribution in [1.82, 2.24) is 9.78 Å². The lowest BCUT2D eigenvalue weighted by Crippen LogP contribution is -1.99. The molecule has 4 rings (SSSR count). The van der Waals surface area contributed by atoms with Crippen molar-refractivity contribution in [3.05, 3.63) is 54.6 Å². The summed E-state index contributed by atoms with van der Waals surface area (Å²) in [6.07, 6.45) is 0. The average Bonchev–Trinajstić information content (AvgIpc) is 3.06. The molecule has 0 atom stereocenters. The van der Waals surface area contributed by atoms with Crippen molar-refractivity contribution in [2.24, 2.45) is 0 Å². The van der Waals surface area contributed by atoms with Gasteiger partial charge in [0.2, 0.25) is 5.88 Å². The van der Waals surface area contributed by atoms with Crippen LogP contribution in [0.4, 0.5) is 0 Å². The topological polar surface area (TPSA) is 45.5 Å². The zero-order valence-corrected chi connectivity index (χ0v) is 15.0. The first kappa shape index (κ1) is 16.3. The van der Waals surface area contributed by atoms with Gasteiger partial charge in [0.25, 0.3) is 0 Å². The zero-order chi connectivity index (χ0) is 18.1. The van der Waals surface area contributed by atoms with Gasteiger partial charge in [0.15, 0.2) is 5.75 Å². The van der Waals surface area contributed by atoms with E-state index >= 15 is 0 Å². The molecule has 0 radical (unpaired) electrons. The van der Waals surface area contributed by atoms with E-state index in [1.54, 1.807) is 14.2 Å². The second-order valence-corrected chi connectivity index (χ2v) is 5.82. The van der Waals surface area contributed by atoms with Crippen LogP contribution in [0, 0.1) is 0 Å². The number of para-hydroxylation sites is 1. The quantitative estimate of drug-likeness (QED) is 0.529. The zero-order valence-electron chi connectivity index (χ0n) is 15.0. The Hall–Kier alpha value is -3.21. The van der Waals surface area contributed by atoms with E-state index in [1.165, 1.54) is 0 Å². The van der Waals surface area contributed by atoms with Gasteiger partial charge in [-0.3, -0.25) is 0 Å². The molecule has 0 saturated heterocycles. The van der Waals surface area contributed by atoms with Gasteiger partial charge in [0.1, 0.15) is 16.7 Å². The van der Waals surface area contributed by atoms with Gasteiger partial charge < -0.3 is 14.2 Å². The van der Waals surface area contributed by atoms with Crippen LogP contribution < -0.4 is 14.2 Å². The predicted molar refractivity (Wildman–Crippen MR) is 103 cm³/mol. The van der Waals surface area contributed by atoms with Gasteiger partial charge in [0, 0.05) is 10.8 Å². The number of nitrogens with zero attached hydrogens (tertiary/aromatic N) is 2. The van der Waals surface area contributed by atoms with E-state index < -0.39 is 0 Å². The van der Waals surface area contributed by atoms with E-state index in [4.69, 9.17) is 19.3 Å². The van der Waals surface area contributed by atoms with Gasteiger partial charge in [-0.15, -0.1) is 5.10 Å². The molecule has 1 heterocycles. The maximum atomic E-state index is 5.84. The van der Waals surface area contributed by atoms with Crippen molar-refractivity contribution in [2.45, 2.75) is 6.92 Å². The molecule has 4 aromatic rings. The summed E-state index contributed by atoms with van der Waals surface area (Å²) in [6, 6.07) is 18.0. The molecule has 0 aliphatic heterocycles. The lowest BCUT2D eigenvalue weighted by atomic mass is 10.0. The molecule has 5 heteroatoms. The summed E-state index contributed by atoms with van der Waals surface area (Å²) in [5.74, 6) is 2.02. The third kappa shape index (κ3) is 2.36. The Bertz CT molecular complexity index is 1070. The molecule has 0 fully saturated rings. The molecule has 0 saturated carbocycles. The first-order valence-corrected chi connectivity index (χ1v) is 8.53. The molecular formula is C21H20N2O3. The Labute approximate surface area is 151 Å². The largest absolute Gasteiger partial charge is 0.495 e. The molecule has 5 nitrogen and oxygen atoms in total. The molecule has 0 aliphatic rings. The number of hydrogen-bond acceptors (Lipinski definition) is 4. The molecule has 0 amide bonds. The van der Waals surface area contributed by atoms with Crippen molar-refractivity contribution >= 4 is 21.7 Å². The molecular weight excluding hydrogens is 328 g/mol. The first-order valence-electron chi connectivity index (χ1n) is 8.53. The number of aromatic nitrogens is 2. The van der Waals surface area contributed by atoms with Crippen molar-refractivity contribution in [3.63, 3.8) is 0 Å². The van der Waals surface area contributed by atoms with Gasteiger partial charge in [-0.2, -0.15) is 0 Å². The van der Waals surface area contributed by atoms with E-state index in [-0.39, 0.29) is 0 Å². The minimum atomic E-state index is 0.513. The number of benzene rings is 3. The maximum absolute atomic E-state index is 5.84. The van der Waals surface area contributed by atoms with Crippen LogP contribution in [0.3, 0.4) is 0 Å². The normalized spacial score (nSPS) is 11.0. The first-order chi connectivity index (χ1) is 12.8. The summed E-state index contributed by atoms with van der Waals surface area (Å²) in [4.78, 5) is 0. The Kier molecular flexibility index (Phi) is 4.13. The monoisotopic (exact) mass is 348 g/mol. The molecule has 1 aromatic heterocycles. The highest BCUT2D eigenvalue weighted by Crippen LogP contribution is 2.46. The van der Waals surface area contributed by atoms with E-state index in [1.807, 2.05) is 66.2 Å². The summed E-state index contributed by atoms with van der Waals surface area (Å²) in [6.45, 7) is 2.46. The van der Waals surface area contributed by atoms with Crippen LogP contribution in [0.2, 0.25) is 0 Å². The number of methoxy groups -OCH3 is 2. The van der Waals surface area contributed by atoms with E-state index in [9.17, 15) is 0 Å². The minimum absolute atomic E-state index is 0.513. The van der Waals surface area contributed by atoms with Crippen molar-refractivity contribution in [1.29, 1.82) is 0 Å². The third-order valence-electron chi connectivity index (χ3n) is 4.40. The van der Waals surface area contributed by atoms with E-state index in [2.05, 4.69) is 0 Å². The molecule has 0 unspecified atom stereocenters. The highest BCUT2D eigenvalue weighted by Gasteiger charge is 2.25. The highest BCUT2D eigenvalue weighted by molar-refractivity contribution is 6.12. The van der Waals surface area contributed by atoms with Crippen molar-refractivity contribution < 1.29 is 14.2 Å². The summed E-state index contributed by atoms with van der Waals surface area (Å²) in [5, 5.41) is 7.48. The van der Waals surface area contributed by atoms with Crippen LogP contribution in [0.1, 0.15) is 6.92 Å². The molecule has 0 aliphatic carbocycles. The number of fused-ring (bicyclic) bond motifs is 2. The van der Waals surface area contributed by atoms with Gasteiger partial charge in [-0.05, 0) is 19.1 Å². The minimum Gasteiger partial charge on any atom is -0.495 e. The number of ether oxygens (including phenoxy) is 3. The Morgan fingerprint density at radius 3 is 2.08 bits per heavy atom. The van der Waals surface area contributed by atoms with Gasteiger partial charge >= 0.3 is 0 Å². The highest BCUT2D eigenvalue weighted by atomic mass is 16.5. The average molecular weight is 348 g/mol. The SMILES string of the molecule is CCOc1nn(-c2ccccc2)c2c(OC)c3ccccc3c(OC)c12. The number of hydrogen-bond donors (Lipinski definition) is 0. The van der Waals surface area contributed by atoms with Crippen LogP contribution in [-0.2, 0) is 0 Å². The summed E-state index contributed by atoms with van der Waals surface area (Å²) in [5.41, 5.74) is 1.76. The van der Waals surface area contributed by atoms with E-state index in [0.717, 1.165) is 38.9 Å². The van der Waals surface area contributed by atoms with Gasteiger partial charge in [0.05, 0.1) is 26.5 Å². The summed E-state index contributed by atoms with van der Waals surface area (Å²) >= 11 is 0. The molecule has 0 N–H and O–H groups in total. The van der Waals surface area contributed by atoms with Crippen LogP contribution in [-0.4, -0.2) is 30.6 Å². The van der Waals surface area contributed by atoms with Crippen LogP contribution in [0.5, 0.6) is 17.4 Å². The molecule has 132 valence electrons. The fourth-order valence-corrected chi connectivity index (χ4v) is 3.37. The fraction of sp³-hybridized carbons (Fsp3) is 0.190. The Morgan fingerprint density at radius 1 is 0.846 bits per heavy atom. The smallest absolute Gasteiger partial charge is 0.245 e. The second-order valence-electron chi connectivity index (χ2n) is 5.82. The van der Waals surface area contributed by atoms with Gasteiger partial charge in [-0.1, -0.05) is 42.5 Å². The standard InChI is InChI=1S/C21H20N2O3/c1-4-26-21-17-18(23(22-21)14-10-6-5-7-11-14)20(25-3)16-13-9-8-12-15(16)19(17)24-2/h5-13H,4H2,1-3H3. The van der Waals surface area contributed by atoms with Crippen molar-refractivity contribution in [2.75, 3.05) is 20.8 Å². The second kappa shape index (κ2) is 6.59. The molecule has 0 bridgehead atoms. The van der Waals surface area contributed by atoms with Crippen LogP contribution in [0.15, 0.2) is 54.6 Å². The van der Waals surface area contributed by atoms with Crippen molar-refractivity contribution in [3.8, 4) is 23.1 Å². The fourth-order valence-electron chi connectivity index (χ4n) is 3.37. The maximum Gasteiger partial charge on any atom is 0.245 e. The van der Waals surface area contributed by atoms with Crippen LogP contribution >= 0.6 is 0 Å². The molecule has 26 heavy (non-hydrogen) atoms. The lowest BCUT2D eigenvalue weighted by Gasteiger charge is -2.14. The third-order valence-corrected chi connectivity index (χ3v) is 4.40. The summed E-state index contributed by atoms with van der Waals surface area (Å²) in [7, 11) is 3.35. The molecule has 0 spiro atoms. The summed E-state index contributed by atoms with van der Waals surface area (Å²) < 4.78 is 19.3. The molecule has 3 aromatic carbocycles. The predicted octanol–water partition coefficient (Wildman–Crippen LogP) is 4.59.